The number of aliphatic hydroxyl groups excluding tert-OH is 1. The van der Waals surface area contributed by atoms with Gasteiger partial charge in [0.05, 0.1) is 24.9 Å². The van der Waals surface area contributed by atoms with Crippen LogP contribution in [0.4, 0.5) is 4.79 Å². The number of urea groups is 1. The van der Waals surface area contributed by atoms with Gasteiger partial charge in [-0.1, -0.05) is 123 Å². The predicted octanol–water partition coefficient (Wildman–Crippen LogP) is 8.57. The van der Waals surface area contributed by atoms with Gasteiger partial charge in [0.1, 0.15) is 0 Å². The summed E-state index contributed by atoms with van der Waals surface area (Å²) >= 11 is 0. The first kappa shape index (κ1) is 40.6. The third-order valence-corrected chi connectivity index (χ3v) is 12.1. The van der Waals surface area contributed by atoms with Crippen LogP contribution in [0, 0.1) is 11.8 Å². The summed E-state index contributed by atoms with van der Waals surface area (Å²) in [7, 11) is 0. The molecule has 7 unspecified atom stereocenters. The summed E-state index contributed by atoms with van der Waals surface area (Å²) in [6.07, 6.45) is 5.63. The number of benzene rings is 4. The summed E-state index contributed by atoms with van der Waals surface area (Å²) < 4.78 is 13.9. The third kappa shape index (κ3) is 10.1. The van der Waals surface area contributed by atoms with Crippen molar-refractivity contribution in [1.82, 2.24) is 20.9 Å². The molecule has 9 heteroatoms. The maximum atomic E-state index is 13.9. The average molecular weight is 773 g/mol. The lowest BCUT2D eigenvalue weighted by atomic mass is 9.75. The van der Waals surface area contributed by atoms with Gasteiger partial charge in [-0.25, -0.2) is 4.79 Å². The van der Waals surface area contributed by atoms with Crippen LogP contribution in [0.3, 0.4) is 0 Å². The molecular weight excluding hydrogens is 713 g/mol. The number of rotatable bonds is 11. The molecule has 2 aliphatic heterocycles. The van der Waals surface area contributed by atoms with Gasteiger partial charge in [-0.3, -0.25) is 9.69 Å². The Morgan fingerprint density at radius 3 is 2.18 bits per heavy atom. The number of fused-ring (bicyclic) bond motifs is 1. The fourth-order valence-electron chi connectivity index (χ4n) is 9.06. The number of amides is 3. The zero-order valence-electron chi connectivity index (χ0n) is 34.0. The summed E-state index contributed by atoms with van der Waals surface area (Å²) in [4.78, 5) is 29.1. The van der Waals surface area contributed by atoms with E-state index in [0.29, 0.717) is 31.6 Å². The number of likely N-dealkylation sites (tertiary alicyclic amines) is 1. The second-order valence-corrected chi connectivity index (χ2v) is 17.3. The number of aliphatic hydroxyl groups is 1. The van der Waals surface area contributed by atoms with Gasteiger partial charge in [-0.05, 0) is 85.8 Å². The second-order valence-electron chi connectivity index (χ2n) is 17.3. The first-order chi connectivity index (χ1) is 27.6. The molecule has 57 heavy (non-hydrogen) atoms. The van der Waals surface area contributed by atoms with Crippen molar-refractivity contribution in [3.63, 3.8) is 0 Å². The highest BCUT2D eigenvalue weighted by Gasteiger charge is 2.46. The number of nitrogens with one attached hydrogen (secondary N) is 3. The van der Waals surface area contributed by atoms with Gasteiger partial charge in [0, 0.05) is 42.7 Å². The van der Waals surface area contributed by atoms with E-state index < -0.39 is 6.29 Å². The van der Waals surface area contributed by atoms with Crippen LogP contribution < -0.4 is 16.0 Å². The first-order valence-corrected chi connectivity index (χ1v) is 20.9. The Hall–Kier alpha value is -4.54. The van der Waals surface area contributed by atoms with Crippen molar-refractivity contribution in [3.05, 3.63) is 131 Å². The van der Waals surface area contributed by atoms with Gasteiger partial charge in [0.2, 0.25) is 5.91 Å². The quantitative estimate of drug-likeness (QED) is 0.122. The topological polar surface area (TPSA) is 112 Å². The largest absolute Gasteiger partial charge is 0.392 e. The molecule has 0 bridgehead atoms. The van der Waals surface area contributed by atoms with E-state index in [9.17, 15) is 14.7 Å². The summed E-state index contributed by atoms with van der Waals surface area (Å²) in [5.74, 6) is 0.706. The monoisotopic (exact) mass is 772 g/mol. The molecule has 3 amide bonds. The standard InChI is InChI=1S/C48H60N4O5/c1-32-43(30-52-41-17-11-9-14-36(41)26-27-42(52)45(54)51-48(2,3)4)56-46(57-44(32)37-20-18-34(31-53)19-21-37)38-24-22-35(23-25-38)40-16-10-8-15-39(40)29-50-47(55)49-28-33-12-6-5-7-13-33/h5-8,10,12-13,15-16,18-25,32,36,41-44,46,53H,9,11,14,17,26-31H2,1-4H3,(H,51,54)(H2,49,50,55). The average Bonchev–Trinajstić information content (AvgIpc) is 3.23. The molecule has 3 aliphatic rings. The van der Waals surface area contributed by atoms with E-state index in [1.165, 1.54) is 19.3 Å². The number of nitrogens with zero attached hydrogens (tertiary/aromatic N) is 1. The van der Waals surface area contributed by atoms with Gasteiger partial charge >= 0.3 is 6.03 Å². The molecule has 1 saturated carbocycles. The maximum absolute atomic E-state index is 13.9. The first-order valence-electron chi connectivity index (χ1n) is 20.9. The van der Waals surface area contributed by atoms with Gasteiger partial charge in [-0.2, -0.15) is 0 Å². The van der Waals surface area contributed by atoms with Crippen molar-refractivity contribution in [2.24, 2.45) is 11.8 Å². The molecule has 9 nitrogen and oxygen atoms in total. The Labute approximate surface area is 338 Å². The summed E-state index contributed by atoms with van der Waals surface area (Å²) in [6.45, 7) is 9.83. The number of hydrogen-bond acceptors (Lipinski definition) is 6. The third-order valence-electron chi connectivity index (χ3n) is 12.1. The zero-order chi connectivity index (χ0) is 39.9. The molecule has 7 rings (SSSR count). The molecule has 3 fully saturated rings. The fraction of sp³-hybridized carbons (Fsp3) is 0.458. The van der Waals surface area contributed by atoms with E-state index in [0.717, 1.165) is 58.2 Å². The highest BCUT2D eigenvalue weighted by atomic mass is 16.7. The Kier molecular flexibility index (Phi) is 13.1. The molecule has 0 spiro atoms. The molecule has 302 valence electrons. The normalized spacial score (nSPS) is 25.2. The highest BCUT2D eigenvalue weighted by Crippen LogP contribution is 2.44. The van der Waals surface area contributed by atoms with Gasteiger partial charge in [0.15, 0.2) is 6.29 Å². The van der Waals surface area contributed by atoms with Crippen molar-refractivity contribution in [1.29, 1.82) is 0 Å². The predicted molar refractivity (Wildman–Crippen MR) is 224 cm³/mol. The van der Waals surface area contributed by atoms with Crippen LogP contribution in [-0.4, -0.2) is 52.2 Å². The molecule has 4 aromatic carbocycles. The molecule has 1 aliphatic carbocycles. The molecule has 2 heterocycles. The Morgan fingerprint density at radius 1 is 0.754 bits per heavy atom. The van der Waals surface area contributed by atoms with Crippen LogP contribution in [0.5, 0.6) is 0 Å². The van der Waals surface area contributed by atoms with Crippen LogP contribution in [-0.2, 0) is 34.0 Å². The number of hydrogen-bond donors (Lipinski definition) is 4. The van der Waals surface area contributed by atoms with Crippen LogP contribution in [0.1, 0.15) is 106 Å². The second kappa shape index (κ2) is 18.4. The van der Waals surface area contributed by atoms with E-state index in [1.54, 1.807) is 0 Å². The molecule has 4 N–H and O–H groups in total. The lowest BCUT2D eigenvalue weighted by molar-refractivity contribution is -0.278. The smallest absolute Gasteiger partial charge is 0.315 e. The molecule has 7 atom stereocenters. The zero-order valence-corrected chi connectivity index (χ0v) is 34.0. The van der Waals surface area contributed by atoms with Crippen molar-refractivity contribution in [3.8, 4) is 11.1 Å². The van der Waals surface area contributed by atoms with Crippen molar-refractivity contribution in [2.45, 2.75) is 122 Å². The van der Waals surface area contributed by atoms with E-state index in [-0.39, 0.29) is 48.3 Å². The minimum atomic E-state index is -0.623. The van der Waals surface area contributed by atoms with E-state index in [2.05, 4.69) is 91.0 Å². The molecule has 2 saturated heterocycles. The van der Waals surface area contributed by atoms with Gasteiger partial charge in [-0.15, -0.1) is 0 Å². The van der Waals surface area contributed by atoms with Gasteiger partial charge < -0.3 is 30.5 Å². The van der Waals surface area contributed by atoms with Crippen molar-refractivity contribution >= 4 is 11.9 Å². The highest BCUT2D eigenvalue weighted by molar-refractivity contribution is 5.82. The summed E-state index contributed by atoms with van der Waals surface area (Å²) in [5, 5.41) is 19.0. The number of carbonyl (C=O) groups excluding carboxylic acids is 2. The van der Waals surface area contributed by atoms with Crippen molar-refractivity contribution in [2.75, 3.05) is 6.54 Å². The SMILES string of the molecule is CC1C(CN2C(C(=O)NC(C)(C)C)CCC3CCCCC32)OC(c2ccc(-c3ccccc3CNC(=O)NCc3ccccc3)cc2)OC1c1ccc(CO)cc1. The molecule has 0 radical (unpaired) electrons. The van der Waals surface area contributed by atoms with Crippen LogP contribution in [0.25, 0.3) is 11.1 Å². The number of carbonyl (C=O) groups is 2. The number of ether oxygens (including phenoxy) is 2. The summed E-state index contributed by atoms with van der Waals surface area (Å²) in [6, 6.07) is 34.3. The maximum Gasteiger partial charge on any atom is 0.315 e. The molecule has 4 aromatic rings. The lowest BCUT2D eigenvalue weighted by Crippen LogP contribution is -2.61. The molecule has 0 aromatic heterocycles. The Bertz CT molecular complexity index is 1930. The Balaban J connectivity index is 1.11. The van der Waals surface area contributed by atoms with Crippen LogP contribution in [0.15, 0.2) is 103 Å². The number of piperidine rings is 1. The van der Waals surface area contributed by atoms with E-state index in [4.69, 9.17) is 9.47 Å². The fourth-order valence-corrected chi connectivity index (χ4v) is 9.06. The van der Waals surface area contributed by atoms with Crippen molar-refractivity contribution < 1.29 is 24.2 Å². The minimum Gasteiger partial charge on any atom is -0.392 e. The van der Waals surface area contributed by atoms with Crippen LogP contribution >= 0.6 is 0 Å². The van der Waals surface area contributed by atoms with Gasteiger partial charge in [0.25, 0.3) is 0 Å². The minimum absolute atomic E-state index is 0.0000595. The van der Waals surface area contributed by atoms with E-state index >= 15 is 0 Å². The Morgan fingerprint density at radius 2 is 1.44 bits per heavy atom. The van der Waals surface area contributed by atoms with Crippen LogP contribution in [0.2, 0.25) is 0 Å². The summed E-state index contributed by atoms with van der Waals surface area (Å²) in [5.41, 5.74) is 6.63. The van der Waals surface area contributed by atoms with E-state index in [1.807, 2.05) is 60.7 Å². The lowest BCUT2D eigenvalue weighted by Gasteiger charge is -2.51. The molecular formula is C48H60N4O5.